The molecule has 25 heavy (non-hydrogen) atoms. The van der Waals surface area contributed by atoms with Crippen molar-refractivity contribution in [2.75, 3.05) is 13.1 Å². The Labute approximate surface area is 157 Å². The molecule has 2 aromatic carbocycles. The van der Waals surface area contributed by atoms with Gasteiger partial charge < -0.3 is 4.74 Å². The SMILES string of the molecule is O=C(C=Cc1ccccc1)OC1CCCN(Cc2cccc(Br)c2)C1. The Morgan fingerprint density at radius 1 is 1.20 bits per heavy atom. The van der Waals surface area contributed by atoms with Crippen molar-refractivity contribution in [3.8, 4) is 0 Å². The summed E-state index contributed by atoms with van der Waals surface area (Å²) in [6.07, 6.45) is 5.26. The molecular weight excluding hydrogens is 378 g/mol. The highest BCUT2D eigenvalue weighted by molar-refractivity contribution is 9.10. The maximum absolute atomic E-state index is 12.1. The molecule has 3 rings (SSSR count). The van der Waals surface area contributed by atoms with E-state index in [-0.39, 0.29) is 12.1 Å². The van der Waals surface area contributed by atoms with Gasteiger partial charge in [-0.1, -0.05) is 58.4 Å². The van der Waals surface area contributed by atoms with E-state index in [0.717, 1.165) is 42.5 Å². The Kier molecular flexibility index (Phi) is 6.42. The monoisotopic (exact) mass is 399 g/mol. The number of piperidine rings is 1. The van der Waals surface area contributed by atoms with Gasteiger partial charge in [0.25, 0.3) is 0 Å². The molecule has 0 bridgehead atoms. The van der Waals surface area contributed by atoms with Crippen LogP contribution in [-0.4, -0.2) is 30.1 Å². The lowest BCUT2D eigenvalue weighted by Gasteiger charge is -2.32. The van der Waals surface area contributed by atoms with Gasteiger partial charge in [0.05, 0.1) is 0 Å². The van der Waals surface area contributed by atoms with E-state index in [9.17, 15) is 4.79 Å². The van der Waals surface area contributed by atoms with Gasteiger partial charge in [-0.3, -0.25) is 4.90 Å². The second-order valence-electron chi connectivity index (χ2n) is 6.31. The molecule has 1 saturated heterocycles. The molecule has 1 heterocycles. The summed E-state index contributed by atoms with van der Waals surface area (Å²) in [6.45, 7) is 2.71. The Morgan fingerprint density at radius 3 is 2.84 bits per heavy atom. The van der Waals surface area contributed by atoms with Crippen LogP contribution in [0.4, 0.5) is 0 Å². The molecule has 1 aliphatic rings. The number of halogens is 1. The Balaban J connectivity index is 1.51. The molecule has 0 radical (unpaired) electrons. The normalized spacial score (nSPS) is 18.4. The van der Waals surface area contributed by atoms with E-state index in [2.05, 4.69) is 39.0 Å². The molecule has 1 unspecified atom stereocenters. The van der Waals surface area contributed by atoms with Crippen molar-refractivity contribution in [1.82, 2.24) is 4.90 Å². The number of hydrogen-bond donors (Lipinski definition) is 0. The molecule has 0 saturated carbocycles. The van der Waals surface area contributed by atoms with Crippen LogP contribution in [0.2, 0.25) is 0 Å². The van der Waals surface area contributed by atoms with Crippen LogP contribution < -0.4 is 0 Å². The molecule has 0 spiro atoms. The lowest BCUT2D eigenvalue weighted by molar-refractivity contribution is -0.145. The van der Waals surface area contributed by atoms with Gasteiger partial charge in [0.2, 0.25) is 0 Å². The maximum Gasteiger partial charge on any atom is 0.331 e. The van der Waals surface area contributed by atoms with Crippen molar-refractivity contribution in [3.63, 3.8) is 0 Å². The first kappa shape index (κ1) is 17.9. The lowest BCUT2D eigenvalue weighted by Crippen LogP contribution is -2.39. The van der Waals surface area contributed by atoms with Crippen LogP contribution in [0, 0.1) is 0 Å². The molecule has 4 heteroatoms. The minimum Gasteiger partial charge on any atom is -0.458 e. The van der Waals surface area contributed by atoms with Gasteiger partial charge in [-0.05, 0) is 48.7 Å². The summed E-state index contributed by atoms with van der Waals surface area (Å²) in [5, 5.41) is 0. The first-order valence-electron chi connectivity index (χ1n) is 8.59. The third kappa shape index (κ3) is 5.83. The Morgan fingerprint density at radius 2 is 2.04 bits per heavy atom. The van der Waals surface area contributed by atoms with Gasteiger partial charge in [-0.15, -0.1) is 0 Å². The Hall–Kier alpha value is -1.91. The molecule has 0 aromatic heterocycles. The number of carbonyl (C=O) groups excluding carboxylic acids is 1. The highest BCUT2D eigenvalue weighted by atomic mass is 79.9. The van der Waals surface area contributed by atoms with Gasteiger partial charge in [0.1, 0.15) is 6.10 Å². The summed E-state index contributed by atoms with van der Waals surface area (Å²) in [7, 11) is 0. The first-order chi connectivity index (χ1) is 12.2. The molecule has 3 nitrogen and oxygen atoms in total. The van der Waals surface area contributed by atoms with Crippen molar-refractivity contribution in [2.45, 2.75) is 25.5 Å². The minimum atomic E-state index is -0.266. The molecule has 1 fully saturated rings. The smallest absolute Gasteiger partial charge is 0.331 e. The lowest BCUT2D eigenvalue weighted by atomic mass is 10.1. The molecule has 0 amide bonds. The highest BCUT2D eigenvalue weighted by Crippen LogP contribution is 2.18. The van der Waals surface area contributed by atoms with Crippen molar-refractivity contribution in [2.24, 2.45) is 0 Å². The quantitative estimate of drug-likeness (QED) is 0.540. The topological polar surface area (TPSA) is 29.5 Å². The number of nitrogens with zero attached hydrogens (tertiary/aromatic N) is 1. The number of carbonyl (C=O) groups is 1. The average Bonchev–Trinajstić information content (AvgIpc) is 2.61. The minimum absolute atomic E-state index is 0.0335. The van der Waals surface area contributed by atoms with Gasteiger partial charge in [0.15, 0.2) is 0 Å². The van der Waals surface area contributed by atoms with E-state index < -0.39 is 0 Å². The van der Waals surface area contributed by atoms with E-state index in [1.807, 2.05) is 36.4 Å². The highest BCUT2D eigenvalue weighted by Gasteiger charge is 2.22. The predicted octanol–water partition coefficient (Wildman–Crippen LogP) is 4.67. The standard InChI is InChI=1S/C21H22BrNO2/c22-19-9-4-8-18(14-19)15-23-13-5-10-20(16-23)25-21(24)12-11-17-6-2-1-3-7-17/h1-4,6-9,11-12,14,20H,5,10,13,15-16H2. The van der Waals surface area contributed by atoms with Crippen molar-refractivity contribution in [3.05, 3.63) is 76.3 Å². The Bertz CT molecular complexity index is 730. The number of ether oxygens (including phenoxy) is 1. The molecule has 1 aliphatic heterocycles. The second kappa shape index (κ2) is 8.97. The molecule has 2 aromatic rings. The number of esters is 1. The van der Waals surface area contributed by atoms with Crippen molar-refractivity contribution < 1.29 is 9.53 Å². The van der Waals surface area contributed by atoms with E-state index in [1.54, 1.807) is 6.08 Å². The number of benzene rings is 2. The van der Waals surface area contributed by atoms with Crippen molar-refractivity contribution in [1.29, 1.82) is 0 Å². The van der Waals surface area contributed by atoms with Gasteiger partial charge >= 0.3 is 5.97 Å². The summed E-state index contributed by atoms with van der Waals surface area (Å²) in [6, 6.07) is 18.1. The fraction of sp³-hybridized carbons (Fsp3) is 0.286. The molecule has 130 valence electrons. The summed E-state index contributed by atoms with van der Waals surface area (Å²) < 4.78 is 6.72. The summed E-state index contributed by atoms with van der Waals surface area (Å²) in [5.41, 5.74) is 2.27. The molecular formula is C21H22BrNO2. The fourth-order valence-corrected chi connectivity index (χ4v) is 3.53. The average molecular weight is 400 g/mol. The predicted molar refractivity (Wildman–Crippen MR) is 104 cm³/mol. The second-order valence-corrected chi connectivity index (χ2v) is 7.23. The van der Waals surface area contributed by atoms with E-state index >= 15 is 0 Å². The van der Waals surface area contributed by atoms with Gasteiger partial charge in [-0.2, -0.15) is 0 Å². The summed E-state index contributed by atoms with van der Waals surface area (Å²) in [5.74, 6) is -0.266. The zero-order valence-electron chi connectivity index (χ0n) is 14.1. The third-order valence-corrected chi connectivity index (χ3v) is 4.74. The van der Waals surface area contributed by atoms with Gasteiger partial charge in [-0.25, -0.2) is 4.79 Å². The van der Waals surface area contributed by atoms with E-state index in [0.29, 0.717) is 0 Å². The van der Waals surface area contributed by atoms with Crippen LogP contribution >= 0.6 is 15.9 Å². The third-order valence-electron chi connectivity index (χ3n) is 4.25. The largest absolute Gasteiger partial charge is 0.458 e. The van der Waals surface area contributed by atoms with E-state index in [1.165, 1.54) is 11.6 Å². The zero-order valence-corrected chi connectivity index (χ0v) is 15.7. The number of hydrogen-bond acceptors (Lipinski definition) is 3. The molecule has 0 N–H and O–H groups in total. The molecule has 1 atom stereocenters. The fourth-order valence-electron chi connectivity index (χ4n) is 3.08. The van der Waals surface area contributed by atoms with Gasteiger partial charge in [0, 0.05) is 23.6 Å². The zero-order chi connectivity index (χ0) is 17.5. The van der Waals surface area contributed by atoms with Crippen LogP contribution in [-0.2, 0) is 16.1 Å². The van der Waals surface area contributed by atoms with Crippen LogP contribution in [0.15, 0.2) is 65.1 Å². The van der Waals surface area contributed by atoms with E-state index in [4.69, 9.17) is 4.74 Å². The summed E-state index contributed by atoms with van der Waals surface area (Å²) >= 11 is 3.51. The van der Waals surface area contributed by atoms with Crippen molar-refractivity contribution >= 4 is 28.0 Å². The first-order valence-corrected chi connectivity index (χ1v) is 9.39. The van der Waals surface area contributed by atoms with Crippen LogP contribution in [0.1, 0.15) is 24.0 Å². The van der Waals surface area contributed by atoms with Crippen LogP contribution in [0.3, 0.4) is 0 Å². The number of likely N-dealkylation sites (tertiary alicyclic amines) is 1. The number of rotatable bonds is 5. The maximum atomic E-state index is 12.1. The van der Waals surface area contributed by atoms with Crippen LogP contribution in [0.5, 0.6) is 0 Å². The molecule has 0 aliphatic carbocycles. The van der Waals surface area contributed by atoms with Crippen LogP contribution in [0.25, 0.3) is 6.08 Å². The summed E-state index contributed by atoms with van der Waals surface area (Å²) in [4.78, 5) is 14.4.